The van der Waals surface area contributed by atoms with Crippen LogP contribution in [0, 0.1) is 16.7 Å². The third kappa shape index (κ3) is 3.09. The molecule has 1 saturated heterocycles. The summed E-state index contributed by atoms with van der Waals surface area (Å²) in [5, 5.41) is 14.7. The number of nitrogens with one attached hydrogen (secondary N) is 2. The molecule has 5 heteroatoms. The lowest BCUT2D eigenvalue weighted by molar-refractivity contribution is -0.124. The van der Waals surface area contributed by atoms with Crippen LogP contribution in [0.3, 0.4) is 0 Å². The monoisotopic (exact) mass is 273 g/mol. The van der Waals surface area contributed by atoms with Crippen LogP contribution in [-0.4, -0.2) is 25.6 Å². The minimum atomic E-state index is -0.296. The summed E-state index contributed by atoms with van der Waals surface area (Å²) in [6, 6.07) is 8.99. The molecule has 1 unspecified atom stereocenters. The lowest BCUT2D eigenvalue weighted by atomic mass is 9.83. The van der Waals surface area contributed by atoms with Crippen molar-refractivity contribution in [3.8, 4) is 11.8 Å². The summed E-state index contributed by atoms with van der Waals surface area (Å²) < 4.78 is 5.17. The van der Waals surface area contributed by atoms with E-state index in [4.69, 9.17) is 10.00 Å². The van der Waals surface area contributed by atoms with Gasteiger partial charge in [-0.05, 0) is 43.7 Å². The number of benzene rings is 1. The van der Waals surface area contributed by atoms with Crippen molar-refractivity contribution in [3.63, 3.8) is 0 Å². The van der Waals surface area contributed by atoms with Crippen molar-refractivity contribution in [2.24, 2.45) is 5.41 Å². The van der Waals surface area contributed by atoms with Gasteiger partial charge in [-0.15, -0.1) is 0 Å². The van der Waals surface area contributed by atoms with Crippen LogP contribution in [0.1, 0.15) is 19.8 Å². The molecule has 2 N–H and O–H groups in total. The van der Waals surface area contributed by atoms with Gasteiger partial charge in [-0.25, -0.2) is 0 Å². The first-order chi connectivity index (χ1) is 9.70. The van der Waals surface area contributed by atoms with E-state index in [2.05, 4.69) is 10.6 Å². The second kappa shape index (κ2) is 6.40. The molecule has 1 heterocycles. The zero-order valence-corrected chi connectivity index (χ0v) is 11.6. The Morgan fingerprint density at radius 1 is 1.50 bits per heavy atom. The Bertz CT molecular complexity index is 499. The van der Waals surface area contributed by atoms with Gasteiger partial charge < -0.3 is 15.4 Å². The zero-order chi connectivity index (χ0) is 14.4. The smallest absolute Gasteiger partial charge is 0.231 e. The van der Waals surface area contributed by atoms with Crippen LogP contribution in [0.15, 0.2) is 24.3 Å². The molecule has 0 bridgehead atoms. The van der Waals surface area contributed by atoms with E-state index in [0.717, 1.165) is 31.6 Å². The zero-order valence-electron chi connectivity index (χ0n) is 11.6. The molecule has 1 aromatic carbocycles. The Hall–Kier alpha value is -2.06. The minimum Gasteiger partial charge on any atom is -0.479 e. The van der Waals surface area contributed by atoms with Crippen LogP contribution in [0.5, 0.6) is 5.75 Å². The van der Waals surface area contributed by atoms with Crippen molar-refractivity contribution >= 4 is 11.6 Å². The van der Waals surface area contributed by atoms with Crippen LogP contribution >= 0.6 is 0 Å². The second-order valence-electron chi connectivity index (χ2n) is 4.99. The summed E-state index contributed by atoms with van der Waals surface area (Å²) >= 11 is 0. The van der Waals surface area contributed by atoms with Gasteiger partial charge in [0.2, 0.25) is 5.91 Å². The van der Waals surface area contributed by atoms with Gasteiger partial charge in [0.1, 0.15) is 11.8 Å². The van der Waals surface area contributed by atoms with E-state index in [1.807, 2.05) is 13.0 Å². The largest absolute Gasteiger partial charge is 0.479 e. The number of carbonyl (C=O) groups is 1. The van der Waals surface area contributed by atoms with Gasteiger partial charge in [-0.3, -0.25) is 4.79 Å². The SMILES string of the molecule is CCC1(C(=O)Nc2ccc(OCC#N)cc2)CCNC1. The van der Waals surface area contributed by atoms with Crippen molar-refractivity contribution in [1.82, 2.24) is 5.32 Å². The fourth-order valence-electron chi connectivity index (χ4n) is 2.41. The number of nitriles is 1. The van der Waals surface area contributed by atoms with Gasteiger partial charge in [0, 0.05) is 12.2 Å². The van der Waals surface area contributed by atoms with Crippen molar-refractivity contribution in [1.29, 1.82) is 5.26 Å². The highest BCUT2D eigenvalue weighted by Gasteiger charge is 2.39. The third-order valence-corrected chi connectivity index (χ3v) is 3.82. The molecule has 1 amide bonds. The lowest BCUT2D eigenvalue weighted by Crippen LogP contribution is -2.37. The Balaban J connectivity index is 1.99. The van der Waals surface area contributed by atoms with Gasteiger partial charge >= 0.3 is 0 Å². The van der Waals surface area contributed by atoms with E-state index in [1.165, 1.54) is 0 Å². The molecule has 0 spiro atoms. The summed E-state index contributed by atoms with van der Waals surface area (Å²) in [6.45, 7) is 3.70. The average molecular weight is 273 g/mol. The van der Waals surface area contributed by atoms with Crippen molar-refractivity contribution in [2.45, 2.75) is 19.8 Å². The summed E-state index contributed by atoms with van der Waals surface area (Å²) in [6.07, 6.45) is 1.70. The molecule has 1 atom stereocenters. The van der Waals surface area contributed by atoms with Crippen LogP contribution in [0.25, 0.3) is 0 Å². The molecular weight excluding hydrogens is 254 g/mol. The lowest BCUT2D eigenvalue weighted by Gasteiger charge is -2.25. The molecule has 0 saturated carbocycles. The number of anilines is 1. The average Bonchev–Trinajstić information content (AvgIpc) is 2.97. The molecule has 106 valence electrons. The highest BCUT2D eigenvalue weighted by Crippen LogP contribution is 2.31. The number of carbonyl (C=O) groups excluding carboxylic acids is 1. The Labute approximate surface area is 118 Å². The quantitative estimate of drug-likeness (QED) is 0.859. The Morgan fingerprint density at radius 3 is 2.80 bits per heavy atom. The Kier molecular flexibility index (Phi) is 4.59. The van der Waals surface area contributed by atoms with Crippen molar-refractivity contribution in [2.75, 3.05) is 25.0 Å². The highest BCUT2D eigenvalue weighted by molar-refractivity contribution is 5.95. The molecule has 20 heavy (non-hydrogen) atoms. The normalized spacial score (nSPS) is 21.2. The molecule has 1 aliphatic heterocycles. The van der Waals surface area contributed by atoms with Gasteiger partial charge in [0.05, 0.1) is 5.41 Å². The highest BCUT2D eigenvalue weighted by atomic mass is 16.5. The molecule has 2 rings (SSSR count). The van der Waals surface area contributed by atoms with E-state index < -0.39 is 0 Å². The van der Waals surface area contributed by atoms with Gasteiger partial charge in [-0.1, -0.05) is 6.92 Å². The van der Waals surface area contributed by atoms with Gasteiger partial charge in [-0.2, -0.15) is 5.26 Å². The summed E-state index contributed by atoms with van der Waals surface area (Å²) in [5.74, 6) is 0.688. The van der Waals surface area contributed by atoms with E-state index in [-0.39, 0.29) is 17.9 Å². The number of rotatable bonds is 5. The first-order valence-electron chi connectivity index (χ1n) is 6.82. The summed E-state index contributed by atoms with van der Waals surface area (Å²) in [7, 11) is 0. The van der Waals surface area contributed by atoms with E-state index in [1.54, 1.807) is 24.3 Å². The van der Waals surface area contributed by atoms with Gasteiger partial charge in [0.25, 0.3) is 0 Å². The molecule has 1 aromatic rings. The maximum absolute atomic E-state index is 12.4. The molecule has 0 aromatic heterocycles. The first-order valence-corrected chi connectivity index (χ1v) is 6.82. The van der Waals surface area contributed by atoms with Gasteiger partial charge in [0.15, 0.2) is 6.61 Å². The molecule has 0 radical (unpaired) electrons. The van der Waals surface area contributed by atoms with E-state index in [0.29, 0.717) is 5.75 Å². The summed E-state index contributed by atoms with van der Waals surface area (Å²) in [5.41, 5.74) is 0.453. The van der Waals surface area contributed by atoms with Crippen LogP contribution in [0.2, 0.25) is 0 Å². The number of amides is 1. The van der Waals surface area contributed by atoms with Crippen LogP contribution in [0.4, 0.5) is 5.69 Å². The van der Waals surface area contributed by atoms with Crippen LogP contribution < -0.4 is 15.4 Å². The van der Waals surface area contributed by atoms with E-state index in [9.17, 15) is 4.79 Å². The number of hydrogen-bond donors (Lipinski definition) is 2. The molecule has 5 nitrogen and oxygen atoms in total. The van der Waals surface area contributed by atoms with Crippen LogP contribution in [-0.2, 0) is 4.79 Å². The first kappa shape index (κ1) is 14.4. The maximum atomic E-state index is 12.4. The second-order valence-corrected chi connectivity index (χ2v) is 4.99. The fourth-order valence-corrected chi connectivity index (χ4v) is 2.41. The summed E-state index contributed by atoms with van der Waals surface area (Å²) in [4.78, 5) is 12.4. The third-order valence-electron chi connectivity index (χ3n) is 3.82. The topological polar surface area (TPSA) is 74.1 Å². The molecule has 1 fully saturated rings. The standard InChI is InChI=1S/C15H19N3O2/c1-2-15(7-9-17-11-15)14(19)18-12-3-5-13(6-4-12)20-10-8-16/h3-6,17H,2,7,9-11H2,1H3,(H,18,19). The molecule has 0 aliphatic carbocycles. The number of nitrogens with zero attached hydrogens (tertiary/aromatic N) is 1. The number of ether oxygens (including phenoxy) is 1. The molecule has 1 aliphatic rings. The predicted molar refractivity (Wildman–Crippen MR) is 76.4 cm³/mol. The number of hydrogen-bond acceptors (Lipinski definition) is 4. The minimum absolute atomic E-state index is 0.0241. The Morgan fingerprint density at radius 2 is 2.25 bits per heavy atom. The fraction of sp³-hybridized carbons (Fsp3) is 0.467. The van der Waals surface area contributed by atoms with Crippen molar-refractivity contribution in [3.05, 3.63) is 24.3 Å². The maximum Gasteiger partial charge on any atom is 0.231 e. The molecular formula is C15H19N3O2. The van der Waals surface area contributed by atoms with E-state index >= 15 is 0 Å². The predicted octanol–water partition coefficient (Wildman–Crippen LogP) is 1.92. The van der Waals surface area contributed by atoms with Crippen molar-refractivity contribution < 1.29 is 9.53 Å².